The van der Waals surface area contributed by atoms with Crippen LogP contribution in [0.3, 0.4) is 0 Å². The summed E-state index contributed by atoms with van der Waals surface area (Å²) in [5.74, 6) is -3.10. The average molecular weight is 722 g/mol. The number of carbonyl (C=O) groups is 3. The minimum atomic E-state index is -3.71. The second kappa shape index (κ2) is 20.8. The smallest absolute Gasteiger partial charge is 0.225 e. The van der Waals surface area contributed by atoms with Gasteiger partial charge in [0, 0.05) is 64.4 Å². The number of unbranched alkanes of at least 4 members (excludes halogenated alkanes) is 1. The summed E-state index contributed by atoms with van der Waals surface area (Å²) in [4.78, 5) is 46.9. The highest BCUT2D eigenvalue weighted by Gasteiger charge is 2.42. The molecule has 14 heteroatoms. The third kappa shape index (κ3) is 14.7. The Balaban J connectivity index is 2.37. The Kier molecular flexibility index (Phi) is 18.4. The highest BCUT2D eigenvalue weighted by Crippen LogP contribution is 2.37. The lowest BCUT2D eigenvalue weighted by atomic mass is 9.73. The molecular formula is C35H65F2N5O6S. The zero-order valence-corrected chi connectivity index (χ0v) is 31.8. The molecule has 0 heterocycles. The topological polar surface area (TPSA) is 139 Å². The van der Waals surface area contributed by atoms with E-state index in [4.69, 9.17) is 0 Å². The maximum atomic E-state index is 14.5. The molecule has 0 saturated heterocycles. The van der Waals surface area contributed by atoms with Crippen LogP contribution in [0.5, 0.6) is 0 Å². The van der Waals surface area contributed by atoms with Crippen molar-refractivity contribution in [2.45, 2.75) is 130 Å². The van der Waals surface area contributed by atoms with Gasteiger partial charge in [-0.05, 0) is 69.6 Å². The van der Waals surface area contributed by atoms with E-state index in [2.05, 4.69) is 10.1 Å². The molecule has 286 valence electrons. The van der Waals surface area contributed by atoms with Crippen LogP contribution in [-0.4, -0.2) is 117 Å². The Morgan fingerprint density at radius 2 is 1.37 bits per heavy atom. The Labute approximate surface area is 294 Å². The van der Waals surface area contributed by atoms with E-state index in [0.717, 1.165) is 19.3 Å². The normalized spacial score (nSPS) is 26.0. The standard InChI is InChI=1S/C35H65F2N5O6S/c1-8-11-14-42(39-49(47,48)23-24(4)5)22-32(43)31(17-25-15-29(36)21-30(37)16-25)38-33(44)26-18-27(34(45)40(6)7)20-28(19-26)35(46)41(12-9-2)13-10-3/h24-32,39,43H,8-23H2,1-7H3,(H,38,44). The first-order valence-corrected chi connectivity index (χ1v) is 20.2. The van der Waals surface area contributed by atoms with Crippen molar-refractivity contribution in [3.63, 3.8) is 0 Å². The molecule has 7 unspecified atom stereocenters. The summed E-state index contributed by atoms with van der Waals surface area (Å²) in [7, 11) is -0.411. The van der Waals surface area contributed by atoms with Gasteiger partial charge in [-0.1, -0.05) is 41.0 Å². The van der Waals surface area contributed by atoms with Crippen molar-refractivity contribution in [2.75, 3.05) is 46.0 Å². The Morgan fingerprint density at radius 1 is 0.816 bits per heavy atom. The quantitative estimate of drug-likeness (QED) is 0.161. The van der Waals surface area contributed by atoms with Gasteiger partial charge in [0.15, 0.2) is 0 Å². The molecule has 2 aliphatic carbocycles. The van der Waals surface area contributed by atoms with E-state index >= 15 is 0 Å². The number of hydrogen-bond acceptors (Lipinski definition) is 7. The lowest BCUT2D eigenvalue weighted by Crippen LogP contribution is -2.55. The third-order valence-electron chi connectivity index (χ3n) is 9.59. The molecular weight excluding hydrogens is 656 g/mol. The van der Waals surface area contributed by atoms with Crippen molar-refractivity contribution in [1.29, 1.82) is 0 Å². The maximum Gasteiger partial charge on any atom is 0.225 e. The highest BCUT2D eigenvalue weighted by molar-refractivity contribution is 7.89. The molecule has 2 saturated carbocycles. The molecule has 0 radical (unpaired) electrons. The Bertz CT molecular complexity index is 1130. The lowest BCUT2D eigenvalue weighted by Gasteiger charge is -2.38. The van der Waals surface area contributed by atoms with Gasteiger partial charge in [0.05, 0.1) is 17.9 Å². The van der Waals surface area contributed by atoms with Crippen molar-refractivity contribution < 1.29 is 36.7 Å². The molecule has 11 nitrogen and oxygen atoms in total. The number of nitrogens with zero attached hydrogens (tertiary/aromatic N) is 3. The van der Waals surface area contributed by atoms with Gasteiger partial charge in [0.1, 0.15) is 12.3 Å². The van der Waals surface area contributed by atoms with E-state index in [1.54, 1.807) is 27.9 Å². The fourth-order valence-electron chi connectivity index (χ4n) is 7.43. The summed E-state index contributed by atoms with van der Waals surface area (Å²) >= 11 is 0. The summed E-state index contributed by atoms with van der Waals surface area (Å²) in [6, 6.07) is -0.940. The molecule has 0 spiro atoms. The fourth-order valence-corrected chi connectivity index (χ4v) is 8.95. The lowest BCUT2D eigenvalue weighted by molar-refractivity contribution is -0.143. The van der Waals surface area contributed by atoms with Crippen LogP contribution in [0.15, 0.2) is 0 Å². The fraction of sp³-hybridized carbons (Fsp3) is 0.914. The van der Waals surface area contributed by atoms with E-state index in [1.165, 1.54) is 9.91 Å². The minimum absolute atomic E-state index is 0.0697. The zero-order chi connectivity index (χ0) is 36.9. The van der Waals surface area contributed by atoms with Crippen LogP contribution in [0, 0.1) is 29.6 Å². The van der Waals surface area contributed by atoms with E-state index in [1.807, 2.05) is 25.7 Å². The predicted molar refractivity (Wildman–Crippen MR) is 188 cm³/mol. The molecule has 3 N–H and O–H groups in total. The van der Waals surface area contributed by atoms with Crippen LogP contribution in [0.2, 0.25) is 0 Å². The van der Waals surface area contributed by atoms with Gasteiger partial charge >= 0.3 is 0 Å². The van der Waals surface area contributed by atoms with Crippen molar-refractivity contribution in [3.8, 4) is 0 Å². The molecule has 0 aromatic rings. The number of rotatable bonds is 20. The second-order valence-corrected chi connectivity index (χ2v) is 16.9. The molecule has 7 atom stereocenters. The van der Waals surface area contributed by atoms with Crippen LogP contribution in [-0.2, 0) is 24.4 Å². The second-order valence-electron chi connectivity index (χ2n) is 15.1. The van der Waals surface area contributed by atoms with Gasteiger partial charge in [0.25, 0.3) is 0 Å². The van der Waals surface area contributed by atoms with Crippen molar-refractivity contribution in [2.24, 2.45) is 29.6 Å². The number of alkyl halides is 2. The van der Waals surface area contributed by atoms with E-state index < -0.39 is 64.1 Å². The third-order valence-corrected chi connectivity index (χ3v) is 11.2. The number of aliphatic hydroxyl groups is 1. The monoisotopic (exact) mass is 721 g/mol. The molecule has 2 fully saturated rings. The number of aliphatic hydroxyl groups excluding tert-OH is 1. The van der Waals surface area contributed by atoms with E-state index in [-0.39, 0.29) is 68.6 Å². The Morgan fingerprint density at radius 3 is 1.88 bits per heavy atom. The Hall–Kier alpha value is -1.90. The molecule has 49 heavy (non-hydrogen) atoms. The number of carbonyl (C=O) groups excluding carboxylic acids is 3. The minimum Gasteiger partial charge on any atom is -0.390 e. The van der Waals surface area contributed by atoms with Crippen molar-refractivity contribution in [3.05, 3.63) is 0 Å². The SMILES string of the molecule is CCCCN(CC(O)C(CC1CC(F)CC(F)C1)NC(=O)C1CC(C(=O)N(C)C)CC(C(=O)N(CCC)CCC)C1)NS(=O)(=O)CC(C)C. The largest absolute Gasteiger partial charge is 0.390 e. The number of amides is 3. The molecule has 0 bridgehead atoms. The molecule has 0 aromatic carbocycles. The van der Waals surface area contributed by atoms with Gasteiger partial charge in [0.2, 0.25) is 27.7 Å². The maximum absolute atomic E-state index is 14.5. The summed E-state index contributed by atoms with van der Waals surface area (Å²) in [5, 5.41) is 16.0. The van der Waals surface area contributed by atoms with E-state index in [0.29, 0.717) is 32.5 Å². The predicted octanol–water partition coefficient (Wildman–Crippen LogP) is 4.06. The first kappa shape index (κ1) is 43.3. The number of halogens is 2. The van der Waals surface area contributed by atoms with Gasteiger partial charge in [-0.2, -0.15) is 0 Å². The van der Waals surface area contributed by atoms with Crippen LogP contribution >= 0.6 is 0 Å². The van der Waals surface area contributed by atoms with Crippen molar-refractivity contribution in [1.82, 2.24) is 25.0 Å². The van der Waals surface area contributed by atoms with E-state index in [9.17, 15) is 36.7 Å². The average Bonchev–Trinajstić information content (AvgIpc) is 3.00. The first-order valence-electron chi connectivity index (χ1n) is 18.5. The highest BCUT2D eigenvalue weighted by atomic mass is 32.2. The van der Waals surface area contributed by atoms with Crippen LogP contribution in [0.4, 0.5) is 8.78 Å². The number of sulfonamides is 1. The summed E-state index contributed by atoms with van der Waals surface area (Å²) in [5.41, 5.74) is 0. The number of hydrogen-bond donors (Lipinski definition) is 3. The number of hydrazine groups is 1. The van der Waals surface area contributed by atoms with Crippen LogP contribution < -0.4 is 10.1 Å². The zero-order valence-electron chi connectivity index (χ0n) is 31.0. The molecule has 2 aliphatic rings. The molecule has 3 amide bonds. The molecule has 2 rings (SSSR count). The van der Waals surface area contributed by atoms with Gasteiger partial charge < -0.3 is 20.2 Å². The summed E-state index contributed by atoms with van der Waals surface area (Å²) in [6.07, 6.45) is 0.00758. The van der Waals surface area contributed by atoms with Gasteiger partial charge in [-0.3, -0.25) is 14.4 Å². The van der Waals surface area contributed by atoms with Gasteiger partial charge in [-0.25, -0.2) is 22.2 Å². The molecule has 0 aromatic heterocycles. The van der Waals surface area contributed by atoms with Crippen LogP contribution in [0.1, 0.15) is 105 Å². The van der Waals surface area contributed by atoms with Crippen molar-refractivity contribution >= 4 is 27.7 Å². The first-order chi connectivity index (χ1) is 23.0. The van der Waals surface area contributed by atoms with Crippen LogP contribution in [0.25, 0.3) is 0 Å². The molecule has 0 aliphatic heterocycles. The number of nitrogens with one attached hydrogen (secondary N) is 2. The summed E-state index contributed by atoms with van der Waals surface area (Å²) in [6.45, 7) is 10.9. The summed E-state index contributed by atoms with van der Waals surface area (Å²) < 4.78 is 54.6. The van der Waals surface area contributed by atoms with Gasteiger partial charge in [-0.15, -0.1) is 4.83 Å².